The number of nitrogens with zero attached hydrogens (tertiary/aromatic N) is 4. The number of hydrogen-bond donors (Lipinski definition) is 6. The predicted octanol–water partition coefficient (Wildman–Crippen LogP) is 2.54. The third kappa shape index (κ3) is 5.26. The molecule has 1 aliphatic heterocycles. The van der Waals surface area contributed by atoms with E-state index in [4.69, 9.17) is 14.5 Å². The highest BCUT2D eigenvalue weighted by molar-refractivity contribution is 7.72. The molecule has 2 aromatic heterocycles. The Labute approximate surface area is 230 Å². The van der Waals surface area contributed by atoms with E-state index in [1.54, 1.807) is 0 Å². The lowest BCUT2D eigenvalue weighted by Crippen LogP contribution is -2.61. The average molecular weight is 604 g/mol. The number of imidazole rings is 1. The molecule has 4 aliphatic carbocycles. The maximum absolute atomic E-state index is 14.8. The van der Waals surface area contributed by atoms with Gasteiger partial charge in [0.1, 0.15) is 18.1 Å². The molecule has 222 valence electrons. The lowest BCUT2D eigenvalue weighted by Gasteiger charge is -2.65. The van der Waals surface area contributed by atoms with Crippen LogP contribution in [0.15, 0.2) is 6.33 Å². The fraction of sp³-hybridized carbons (Fsp3) is 0.792. The number of rotatable bonds is 8. The molecule has 4 saturated carbocycles. The van der Waals surface area contributed by atoms with Gasteiger partial charge < -0.3 is 34.9 Å². The van der Waals surface area contributed by atoms with Crippen LogP contribution in [0.4, 0.5) is 10.2 Å². The Kier molecular flexibility index (Phi) is 6.61. The number of aliphatic hydroxyl groups is 2. The number of aliphatic hydroxyl groups excluding tert-OH is 2. The number of ether oxygens (including phenoxy) is 1. The normalized spacial score (nSPS) is 40.5. The summed E-state index contributed by atoms with van der Waals surface area (Å²) in [6.07, 6.45) is 0.675. The standard InChI is InChI=1S/C24H36FN5O8P2/c1-22-5-13-6-23(2,8-22)10-24(7-13,9-22)29-18-15-19(28-21(25)27-18)30(11-26-15)20-17(32)16(31)14(38-20)3-4-39(33,34)12-40(35,36)37/h11,13-14,16-17,20,31-32H,3-10,12H2,1-2H3,(H,33,34)(H,27,28,29)(H2,35,36,37)/t13?,14-,16?,17+,20-,22-,23+,24?/m1/s1. The van der Waals surface area contributed by atoms with E-state index in [2.05, 4.69) is 34.1 Å². The third-order valence-electron chi connectivity index (χ3n) is 9.18. The van der Waals surface area contributed by atoms with Crippen molar-refractivity contribution in [3.8, 4) is 0 Å². The molecule has 13 nitrogen and oxygen atoms in total. The van der Waals surface area contributed by atoms with E-state index in [1.807, 2.05) is 0 Å². The maximum atomic E-state index is 14.8. The summed E-state index contributed by atoms with van der Waals surface area (Å²) in [7, 11) is -8.94. The van der Waals surface area contributed by atoms with Crippen LogP contribution in [0.25, 0.3) is 11.2 Å². The number of anilines is 1. The quantitative estimate of drug-likeness (QED) is 0.191. The molecule has 4 bridgehead atoms. The van der Waals surface area contributed by atoms with Crippen LogP contribution in [-0.4, -0.2) is 80.3 Å². The largest absolute Gasteiger partial charge is 0.388 e. The first-order valence-corrected chi connectivity index (χ1v) is 17.3. The summed E-state index contributed by atoms with van der Waals surface area (Å²) in [5, 5.41) is 24.9. The van der Waals surface area contributed by atoms with Gasteiger partial charge in [0.2, 0.25) is 7.37 Å². The lowest BCUT2D eigenvalue weighted by atomic mass is 9.43. The smallest absolute Gasteiger partial charge is 0.335 e. The highest BCUT2D eigenvalue weighted by Gasteiger charge is 2.60. The number of aromatic nitrogens is 4. The molecular weight excluding hydrogens is 567 g/mol. The van der Waals surface area contributed by atoms with Crippen molar-refractivity contribution < 1.29 is 43.2 Å². The van der Waals surface area contributed by atoms with Gasteiger partial charge in [-0.1, -0.05) is 13.8 Å². The molecule has 3 heterocycles. The van der Waals surface area contributed by atoms with Crippen molar-refractivity contribution in [3.63, 3.8) is 0 Å². The Hall–Kier alpha value is -1.50. The van der Waals surface area contributed by atoms with E-state index in [0.717, 1.165) is 19.3 Å². The summed E-state index contributed by atoms with van der Waals surface area (Å²) >= 11 is 0. The van der Waals surface area contributed by atoms with Crippen LogP contribution in [0.5, 0.6) is 0 Å². The molecule has 0 amide bonds. The molecule has 0 aromatic carbocycles. The molecular formula is C24H36FN5O8P2. The minimum Gasteiger partial charge on any atom is -0.388 e. The van der Waals surface area contributed by atoms with Gasteiger partial charge in [-0.05, 0) is 61.7 Å². The molecule has 5 aliphatic rings. The monoisotopic (exact) mass is 603 g/mol. The molecule has 0 radical (unpaired) electrons. The van der Waals surface area contributed by atoms with Crippen molar-refractivity contribution in [2.45, 2.75) is 88.9 Å². The first-order valence-electron chi connectivity index (χ1n) is 13.5. The van der Waals surface area contributed by atoms with Gasteiger partial charge in [0.25, 0.3) is 0 Å². The Morgan fingerprint density at radius 1 is 1.07 bits per heavy atom. The van der Waals surface area contributed by atoms with E-state index in [-0.39, 0.29) is 34.3 Å². The van der Waals surface area contributed by atoms with Crippen LogP contribution in [0.3, 0.4) is 0 Å². The van der Waals surface area contributed by atoms with Crippen LogP contribution in [0, 0.1) is 22.8 Å². The zero-order valence-electron chi connectivity index (χ0n) is 22.4. The van der Waals surface area contributed by atoms with Gasteiger partial charge in [-0.15, -0.1) is 0 Å². The zero-order chi connectivity index (χ0) is 28.9. The fourth-order valence-corrected chi connectivity index (χ4v) is 12.4. The SMILES string of the molecule is C[C@]12CC3CC(Nc4nc(F)nc5c4ncn5[C@@H]4O[C@H](CCP(=O)(O)CP(=O)(O)O)C(O)[C@@H]4O)(C1)C[C@@](C)(C3)C2. The maximum Gasteiger partial charge on any atom is 0.335 e. The average Bonchev–Trinajstić information content (AvgIpc) is 3.29. The molecule has 4 unspecified atom stereocenters. The van der Waals surface area contributed by atoms with E-state index >= 15 is 0 Å². The van der Waals surface area contributed by atoms with Gasteiger partial charge in [0, 0.05) is 11.7 Å². The van der Waals surface area contributed by atoms with Crippen LogP contribution < -0.4 is 5.32 Å². The predicted molar refractivity (Wildman–Crippen MR) is 141 cm³/mol. The molecule has 9 atom stereocenters. The Bertz CT molecular complexity index is 1420. The number of fused-ring (bicyclic) bond motifs is 1. The Balaban J connectivity index is 1.25. The van der Waals surface area contributed by atoms with Gasteiger partial charge >= 0.3 is 13.7 Å². The van der Waals surface area contributed by atoms with Crippen molar-refractivity contribution in [3.05, 3.63) is 12.4 Å². The van der Waals surface area contributed by atoms with Crippen LogP contribution in [-0.2, 0) is 13.9 Å². The highest BCUT2D eigenvalue weighted by atomic mass is 31.2. The van der Waals surface area contributed by atoms with E-state index in [0.29, 0.717) is 11.4 Å². The van der Waals surface area contributed by atoms with E-state index in [9.17, 15) is 28.6 Å². The summed E-state index contributed by atoms with van der Waals surface area (Å²) in [6.45, 7) is 4.67. The lowest BCUT2D eigenvalue weighted by molar-refractivity contribution is -0.0973. The minimum absolute atomic E-state index is 0.0587. The topological polar surface area (TPSA) is 200 Å². The summed E-state index contributed by atoms with van der Waals surface area (Å²) in [5.74, 6) is -0.332. The number of hydrogen-bond acceptors (Lipinski definition) is 9. The van der Waals surface area contributed by atoms with Crippen LogP contribution >= 0.6 is 15.0 Å². The molecule has 2 aromatic rings. The van der Waals surface area contributed by atoms with Crippen LogP contribution in [0.2, 0.25) is 0 Å². The molecule has 5 fully saturated rings. The van der Waals surface area contributed by atoms with Crippen molar-refractivity contribution in [2.75, 3.05) is 17.4 Å². The molecule has 1 saturated heterocycles. The minimum atomic E-state index is -4.73. The van der Waals surface area contributed by atoms with Crippen molar-refractivity contribution in [1.29, 1.82) is 0 Å². The fourth-order valence-electron chi connectivity index (χ4n) is 8.89. The molecule has 6 N–H and O–H groups in total. The van der Waals surface area contributed by atoms with Gasteiger partial charge in [0.15, 0.2) is 23.2 Å². The van der Waals surface area contributed by atoms with Gasteiger partial charge in [-0.3, -0.25) is 13.7 Å². The summed E-state index contributed by atoms with van der Waals surface area (Å²) in [5.41, 5.74) is 0.534. The second-order valence-corrected chi connectivity index (χ2v) is 18.0. The van der Waals surface area contributed by atoms with Crippen molar-refractivity contribution in [1.82, 2.24) is 19.5 Å². The first-order chi connectivity index (χ1) is 18.5. The number of halogens is 1. The van der Waals surface area contributed by atoms with E-state index < -0.39 is 57.6 Å². The molecule has 7 rings (SSSR count). The third-order valence-corrected chi connectivity index (χ3v) is 13.4. The van der Waals surface area contributed by atoms with Crippen LogP contribution in [0.1, 0.15) is 65.0 Å². The summed E-state index contributed by atoms with van der Waals surface area (Å²) < 4.78 is 45.3. The molecule has 16 heteroatoms. The molecule has 0 spiro atoms. The number of nitrogens with one attached hydrogen (secondary N) is 1. The highest BCUT2D eigenvalue weighted by Crippen LogP contribution is 2.67. The van der Waals surface area contributed by atoms with Gasteiger partial charge in [-0.25, -0.2) is 4.98 Å². The van der Waals surface area contributed by atoms with Gasteiger partial charge in [0.05, 0.1) is 12.4 Å². The first kappa shape index (κ1) is 28.6. The second-order valence-electron chi connectivity index (χ2n) is 13.4. The molecule has 40 heavy (non-hydrogen) atoms. The second kappa shape index (κ2) is 9.25. The summed E-state index contributed by atoms with van der Waals surface area (Å²) in [4.78, 5) is 40.4. The zero-order valence-corrected chi connectivity index (χ0v) is 24.1. The Morgan fingerprint density at radius 2 is 1.75 bits per heavy atom. The Morgan fingerprint density at radius 3 is 2.38 bits per heavy atom. The van der Waals surface area contributed by atoms with Crippen molar-refractivity contribution >= 4 is 31.9 Å². The van der Waals surface area contributed by atoms with Crippen molar-refractivity contribution in [2.24, 2.45) is 16.7 Å². The van der Waals surface area contributed by atoms with E-state index in [1.165, 1.54) is 30.2 Å². The summed E-state index contributed by atoms with van der Waals surface area (Å²) in [6, 6.07) is 0. The van der Waals surface area contributed by atoms with Gasteiger partial charge in [-0.2, -0.15) is 14.4 Å².